The van der Waals surface area contributed by atoms with E-state index in [4.69, 9.17) is 16.0 Å². The lowest BCUT2D eigenvalue weighted by atomic mass is 10.1. The van der Waals surface area contributed by atoms with Gasteiger partial charge in [-0.05, 0) is 18.4 Å². The first kappa shape index (κ1) is 13.0. The van der Waals surface area contributed by atoms with Crippen molar-refractivity contribution in [3.8, 4) is 0 Å². The Morgan fingerprint density at radius 1 is 1.15 bits per heavy atom. The number of nitrogens with zero attached hydrogens (tertiary/aromatic N) is 2. The number of hydrogen-bond acceptors (Lipinski definition) is 3. The molecule has 0 aliphatic rings. The lowest BCUT2D eigenvalue weighted by molar-refractivity contribution is 0.554. The molecule has 1 heterocycles. The lowest BCUT2D eigenvalue weighted by Gasteiger charge is -2.20. The van der Waals surface area contributed by atoms with E-state index in [0.717, 1.165) is 17.9 Å². The normalized spacial score (nSPS) is 10.9. The molecule has 3 nitrogen and oxygen atoms in total. The fourth-order valence-electron chi connectivity index (χ4n) is 2.33. The van der Waals surface area contributed by atoms with E-state index < -0.39 is 0 Å². The molecule has 0 amide bonds. The highest BCUT2D eigenvalue weighted by Crippen LogP contribution is 2.31. The lowest BCUT2D eigenvalue weighted by Crippen LogP contribution is -2.16. The summed E-state index contributed by atoms with van der Waals surface area (Å²) >= 11 is 5.79. The third-order valence-corrected chi connectivity index (χ3v) is 3.55. The maximum absolute atomic E-state index is 5.79. The fraction of sp³-hybridized carbons (Fsp3) is 0.188. The molecule has 20 heavy (non-hydrogen) atoms. The fourth-order valence-corrected chi connectivity index (χ4v) is 2.46. The molecule has 1 aromatic heterocycles. The third kappa shape index (κ3) is 2.25. The quantitative estimate of drug-likeness (QED) is 0.650. The molecule has 0 saturated heterocycles. The van der Waals surface area contributed by atoms with E-state index in [9.17, 15) is 0 Å². The van der Waals surface area contributed by atoms with Crippen molar-refractivity contribution < 1.29 is 4.42 Å². The van der Waals surface area contributed by atoms with Crippen LogP contribution in [0.15, 0.2) is 53.1 Å². The van der Waals surface area contributed by atoms with Gasteiger partial charge in [-0.25, -0.2) is 0 Å². The molecule has 2 aromatic carbocycles. The maximum atomic E-state index is 5.79. The van der Waals surface area contributed by atoms with Gasteiger partial charge in [0.05, 0.1) is 17.3 Å². The second-order valence-corrected chi connectivity index (χ2v) is 4.76. The van der Waals surface area contributed by atoms with Crippen LogP contribution in [0.3, 0.4) is 0 Å². The summed E-state index contributed by atoms with van der Waals surface area (Å²) in [6.45, 7) is 2.85. The minimum Gasteiger partial charge on any atom is -0.431 e. The van der Waals surface area contributed by atoms with E-state index in [1.807, 2.05) is 18.2 Å². The zero-order valence-electron chi connectivity index (χ0n) is 11.2. The molecule has 0 radical (unpaired) electrons. The Balaban J connectivity index is 2.11. The Morgan fingerprint density at radius 2 is 1.95 bits per heavy atom. The summed E-state index contributed by atoms with van der Waals surface area (Å²) in [5, 5.41) is 2.38. The highest BCUT2D eigenvalue weighted by molar-refractivity contribution is 6.16. The van der Waals surface area contributed by atoms with Crippen molar-refractivity contribution >= 4 is 34.1 Å². The summed E-state index contributed by atoms with van der Waals surface area (Å²) in [6, 6.07) is 15.1. The highest BCUT2D eigenvalue weighted by Gasteiger charge is 2.15. The van der Waals surface area contributed by atoms with Crippen molar-refractivity contribution in [2.75, 3.05) is 11.4 Å². The van der Waals surface area contributed by atoms with Gasteiger partial charge in [-0.3, -0.25) is 4.90 Å². The number of aromatic nitrogens is 1. The van der Waals surface area contributed by atoms with Crippen LogP contribution in [0.1, 0.15) is 12.6 Å². The molecule has 3 rings (SSSR count). The smallest absolute Gasteiger partial charge is 0.302 e. The molecular weight excluding hydrogens is 272 g/mol. The predicted molar refractivity (Wildman–Crippen MR) is 82.7 cm³/mol. The second kappa shape index (κ2) is 5.55. The first-order valence-electron chi connectivity index (χ1n) is 6.59. The first-order chi connectivity index (χ1) is 9.83. The maximum Gasteiger partial charge on any atom is 0.302 e. The van der Waals surface area contributed by atoms with Gasteiger partial charge >= 0.3 is 6.01 Å². The Labute approximate surface area is 122 Å². The van der Waals surface area contributed by atoms with Crippen molar-refractivity contribution in [3.05, 3.63) is 54.4 Å². The number of alkyl halides is 1. The topological polar surface area (TPSA) is 29.3 Å². The zero-order chi connectivity index (χ0) is 13.9. The summed E-state index contributed by atoms with van der Waals surface area (Å²) in [4.78, 5) is 6.46. The molecule has 4 heteroatoms. The molecule has 0 bridgehead atoms. The number of hydrogen-bond donors (Lipinski definition) is 0. The largest absolute Gasteiger partial charge is 0.431 e. The van der Waals surface area contributed by atoms with Crippen molar-refractivity contribution in [1.29, 1.82) is 0 Å². The van der Waals surface area contributed by atoms with E-state index in [2.05, 4.69) is 41.1 Å². The summed E-state index contributed by atoms with van der Waals surface area (Å²) < 4.78 is 5.54. The second-order valence-electron chi connectivity index (χ2n) is 4.50. The van der Waals surface area contributed by atoms with Gasteiger partial charge < -0.3 is 4.42 Å². The standard InChI is InChI=1S/C16H15ClN2O/c1-2-19(16-18-13(10-17)11-20-16)15-9-5-7-12-6-3-4-8-14(12)15/h3-9,11H,2,10H2,1H3. The SMILES string of the molecule is CCN(c1nc(CCl)co1)c1cccc2ccccc12. The van der Waals surface area contributed by atoms with E-state index in [1.54, 1.807) is 6.26 Å². The minimum atomic E-state index is 0.358. The van der Waals surface area contributed by atoms with Gasteiger partial charge in [-0.15, -0.1) is 11.6 Å². The molecule has 0 N–H and O–H groups in total. The molecule has 102 valence electrons. The van der Waals surface area contributed by atoms with Crippen molar-refractivity contribution in [3.63, 3.8) is 0 Å². The van der Waals surface area contributed by atoms with Crippen LogP contribution in [0.2, 0.25) is 0 Å². The summed E-state index contributed by atoms with van der Waals surface area (Å²) in [5.41, 5.74) is 1.84. The summed E-state index contributed by atoms with van der Waals surface area (Å²) in [5.74, 6) is 0.358. The average molecular weight is 287 g/mol. The van der Waals surface area contributed by atoms with E-state index in [-0.39, 0.29) is 0 Å². The van der Waals surface area contributed by atoms with E-state index >= 15 is 0 Å². The number of fused-ring (bicyclic) bond motifs is 1. The van der Waals surface area contributed by atoms with Gasteiger partial charge in [0.2, 0.25) is 0 Å². The monoisotopic (exact) mass is 286 g/mol. The Morgan fingerprint density at radius 3 is 2.70 bits per heavy atom. The molecule has 0 atom stereocenters. The summed E-state index contributed by atoms with van der Waals surface area (Å²) in [7, 11) is 0. The van der Waals surface area contributed by atoms with Crippen molar-refractivity contribution in [2.45, 2.75) is 12.8 Å². The van der Waals surface area contributed by atoms with Crippen LogP contribution in [-0.2, 0) is 5.88 Å². The van der Waals surface area contributed by atoms with Gasteiger partial charge in [-0.1, -0.05) is 36.4 Å². The van der Waals surface area contributed by atoms with Crippen LogP contribution in [0.4, 0.5) is 11.7 Å². The van der Waals surface area contributed by atoms with Gasteiger partial charge in [0.25, 0.3) is 0 Å². The number of benzene rings is 2. The number of anilines is 2. The molecule has 0 fully saturated rings. The summed E-state index contributed by atoms with van der Waals surface area (Å²) in [6.07, 6.45) is 1.61. The van der Waals surface area contributed by atoms with E-state index in [0.29, 0.717) is 11.9 Å². The number of rotatable bonds is 4. The Kier molecular flexibility index (Phi) is 3.61. The highest BCUT2D eigenvalue weighted by atomic mass is 35.5. The minimum absolute atomic E-state index is 0.358. The van der Waals surface area contributed by atoms with Crippen molar-refractivity contribution in [2.24, 2.45) is 0 Å². The number of oxazole rings is 1. The zero-order valence-corrected chi connectivity index (χ0v) is 12.0. The van der Waals surface area contributed by atoms with Gasteiger partial charge in [-0.2, -0.15) is 4.98 Å². The number of halogens is 1. The molecule has 0 unspecified atom stereocenters. The molecule has 0 aliphatic carbocycles. The Hall–Kier alpha value is -2.00. The first-order valence-corrected chi connectivity index (χ1v) is 7.12. The van der Waals surface area contributed by atoms with Gasteiger partial charge in [0.15, 0.2) is 0 Å². The van der Waals surface area contributed by atoms with Gasteiger partial charge in [0, 0.05) is 11.9 Å². The molecule has 3 aromatic rings. The molecule has 0 saturated carbocycles. The third-order valence-electron chi connectivity index (χ3n) is 3.28. The van der Waals surface area contributed by atoms with Gasteiger partial charge in [0.1, 0.15) is 6.26 Å². The van der Waals surface area contributed by atoms with Crippen LogP contribution >= 0.6 is 11.6 Å². The van der Waals surface area contributed by atoms with Crippen LogP contribution < -0.4 is 4.90 Å². The molecule has 0 aliphatic heterocycles. The van der Waals surface area contributed by atoms with Crippen LogP contribution in [0.25, 0.3) is 10.8 Å². The van der Waals surface area contributed by atoms with Crippen LogP contribution in [0.5, 0.6) is 0 Å². The molecular formula is C16H15ClN2O. The predicted octanol–water partition coefficient (Wildman–Crippen LogP) is 4.72. The van der Waals surface area contributed by atoms with Crippen molar-refractivity contribution in [1.82, 2.24) is 4.98 Å². The van der Waals surface area contributed by atoms with E-state index in [1.165, 1.54) is 10.8 Å². The Bertz CT molecular complexity index is 718. The molecule has 0 spiro atoms. The average Bonchev–Trinajstić information content (AvgIpc) is 2.97. The van der Waals surface area contributed by atoms with Crippen LogP contribution in [-0.4, -0.2) is 11.5 Å². The van der Waals surface area contributed by atoms with Crippen LogP contribution in [0, 0.1) is 0 Å².